The first-order valence-electron chi connectivity index (χ1n) is 9.20. The van der Waals surface area contributed by atoms with Gasteiger partial charge in [0, 0.05) is 11.3 Å². The van der Waals surface area contributed by atoms with E-state index < -0.39 is 0 Å². The number of ether oxygens (including phenoxy) is 3. The number of benzene rings is 3. The minimum absolute atomic E-state index is 0.203. The second kappa shape index (κ2) is 10.0. The fourth-order valence-corrected chi connectivity index (χ4v) is 2.59. The molecule has 0 saturated carbocycles. The van der Waals surface area contributed by atoms with Crippen molar-refractivity contribution in [2.75, 3.05) is 25.1 Å². The number of para-hydroxylation sites is 2. The van der Waals surface area contributed by atoms with Crippen molar-refractivity contribution in [1.29, 1.82) is 0 Å². The minimum atomic E-state index is -0.203. The quantitative estimate of drug-likeness (QED) is 0.545. The molecule has 0 heterocycles. The lowest BCUT2D eigenvalue weighted by atomic mass is 10.2. The molecule has 1 amide bonds. The molecule has 3 aromatic carbocycles. The number of anilines is 1. The van der Waals surface area contributed by atoms with Crippen LogP contribution in [0.5, 0.6) is 17.2 Å². The van der Waals surface area contributed by atoms with Crippen LogP contribution in [-0.2, 0) is 0 Å². The van der Waals surface area contributed by atoms with Crippen molar-refractivity contribution in [2.45, 2.75) is 6.92 Å². The lowest BCUT2D eigenvalue weighted by Crippen LogP contribution is -2.13. The summed E-state index contributed by atoms with van der Waals surface area (Å²) in [4.78, 5) is 12.5. The number of hydrogen-bond donors (Lipinski definition) is 1. The van der Waals surface area contributed by atoms with E-state index in [-0.39, 0.29) is 5.91 Å². The highest BCUT2D eigenvalue weighted by Gasteiger charge is 2.12. The van der Waals surface area contributed by atoms with E-state index in [1.165, 1.54) is 0 Å². The van der Waals surface area contributed by atoms with Gasteiger partial charge in [-0.25, -0.2) is 0 Å². The molecule has 0 spiro atoms. The van der Waals surface area contributed by atoms with Crippen LogP contribution in [0.1, 0.15) is 17.3 Å². The predicted octanol–water partition coefficient (Wildman–Crippen LogP) is 4.80. The summed E-state index contributed by atoms with van der Waals surface area (Å²) >= 11 is 0. The van der Waals surface area contributed by atoms with Gasteiger partial charge in [0.15, 0.2) is 11.5 Å². The van der Waals surface area contributed by atoms with Crippen LogP contribution < -0.4 is 19.5 Å². The van der Waals surface area contributed by atoms with Crippen molar-refractivity contribution in [3.8, 4) is 17.2 Å². The Morgan fingerprint density at radius 2 is 1.46 bits per heavy atom. The van der Waals surface area contributed by atoms with Crippen LogP contribution in [-0.4, -0.2) is 25.7 Å². The maximum Gasteiger partial charge on any atom is 0.255 e. The zero-order valence-electron chi connectivity index (χ0n) is 15.8. The number of hydrogen-bond acceptors (Lipinski definition) is 4. The van der Waals surface area contributed by atoms with Crippen molar-refractivity contribution in [3.63, 3.8) is 0 Å². The first-order chi connectivity index (χ1) is 13.8. The molecule has 28 heavy (non-hydrogen) atoms. The molecule has 0 saturated heterocycles. The average Bonchev–Trinajstić information content (AvgIpc) is 2.73. The second-order valence-electron chi connectivity index (χ2n) is 5.92. The highest BCUT2D eigenvalue weighted by atomic mass is 16.5. The van der Waals surface area contributed by atoms with Crippen LogP contribution in [0.4, 0.5) is 5.69 Å². The zero-order chi connectivity index (χ0) is 19.6. The summed E-state index contributed by atoms with van der Waals surface area (Å²) in [7, 11) is 0. The molecular formula is C23H23NO4. The molecule has 3 rings (SSSR count). The lowest BCUT2D eigenvalue weighted by Gasteiger charge is -2.14. The highest BCUT2D eigenvalue weighted by Crippen LogP contribution is 2.29. The Morgan fingerprint density at radius 3 is 2.18 bits per heavy atom. The number of carbonyl (C=O) groups is 1. The van der Waals surface area contributed by atoms with Crippen LogP contribution in [0.25, 0.3) is 0 Å². The Morgan fingerprint density at radius 1 is 0.786 bits per heavy atom. The molecule has 0 aliphatic heterocycles. The van der Waals surface area contributed by atoms with Crippen molar-refractivity contribution in [3.05, 3.63) is 84.4 Å². The van der Waals surface area contributed by atoms with E-state index in [2.05, 4.69) is 5.32 Å². The smallest absolute Gasteiger partial charge is 0.255 e. The average molecular weight is 377 g/mol. The molecule has 0 bridgehead atoms. The van der Waals surface area contributed by atoms with Gasteiger partial charge in [-0.05, 0) is 49.4 Å². The summed E-state index contributed by atoms with van der Waals surface area (Å²) in [5.41, 5.74) is 1.24. The van der Waals surface area contributed by atoms with E-state index in [4.69, 9.17) is 14.2 Å². The lowest BCUT2D eigenvalue weighted by molar-refractivity contribution is 0.102. The van der Waals surface area contributed by atoms with Gasteiger partial charge in [0.1, 0.15) is 19.0 Å². The maximum absolute atomic E-state index is 12.5. The fraction of sp³-hybridized carbons (Fsp3) is 0.174. The van der Waals surface area contributed by atoms with Gasteiger partial charge in [-0.3, -0.25) is 4.79 Å². The third-order valence-corrected chi connectivity index (χ3v) is 3.89. The van der Waals surface area contributed by atoms with Crippen LogP contribution in [0, 0.1) is 0 Å². The van der Waals surface area contributed by atoms with Gasteiger partial charge in [-0.2, -0.15) is 0 Å². The Bertz CT molecular complexity index is 882. The normalized spacial score (nSPS) is 10.2. The standard InChI is InChI=1S/C23H23NO4/c1-2-26-22-17-18(23(25)24-19-9-5-3-6-10-19)13-14-21(22)28-16-15-27-20-11-7-4-8-12-20/h3-14,17H,2,15-16H2,1H3,(H,24,25). The van der Waals surface area contributed by atoms with E-state index >= 15 is 0 Å². The topological polar surface area (TPSA) is 56.8 Å². The van der Waals surface area contributed by atoms with Gasteiger partial charge < -0.3 is 19.5 Å². The zero-order valence-corrected chi connectivity index (χ0v) is 15.8. The summed E-state index contributed by atoms with van der Waals surface area (Å²) in [6.07, 6.45) is 0. The number of rotatable bonds is 9. The minimum Gasteiger partial charge on any atom is -0.490 e. The molecule has 0 aromatic heterocycles. The molecule has 0 radical (unpaired) electrons. The van der Waals surface area contributed by atoms with Gasteiger partial charge in [-0.15, -0.1) is 0 Å². The highest BCUT2D eigenvalue weighted by molar-refractivity contribution is 6.04. The van der Waals surface area contributed by atoms with E-state index in [0.29, 0.717) is 36.9 Å². The number of nitrogens with one attached hydrogen (secondary N) is 1. The second-order valence-corrected chi connectivity index (χ2v) is 5.92. The molecule has 1 N–H and O–H groups in total. The third kappa shape index (κ3) is 5.51. The Kier molecular flexibility index (Phi) is 6.90. The fourth-order valence-electron chi connectivity index (χ4n) is 2.59. The third-order valence-electron chi connectivity index (χ3n) is 3.89. The SMILES string of the molecule is CCOc1cc(C(=O)Nc2ccccc2)ccc1OCCOc1ccccc1. The molecule has 3 aromatic rings. The van der Waals surface area contributed by atoms with Gasteiger partial charge in [0.25, 0.3) is 5.91 Å². The Labute approximate surface area is 164 Å². The largest absolute Gasteiger partial charge is 0.490 e. The summed E-state index contributed by atoms with van der Waals surface area (Å²) in [6.45, 7) is 3.13. The number of amides is 1. The predicted molar refractivity (Wildman–Crippen MR) is 109 cm³/mol. The molecule has 0 fully saturated rings. The molecule has 5 heteroatoms. The Hall–Kier alpha value is -3.47. The monoisotopic (exact) mass is 377 g/mol. The van der Waals surface area contributed by atoms with Crippen LogP contribution in [0.2, 0.25) is 0 Å². The van der Waals surface area contributed by atoms with Crippen molar-refractivity contribution < 1.29 is 19.0 Å². The van der Waals surface area contributed by atoms with Gasteiger partial charge >= 0.3 is 0 Å². The van der Waals surface area contributed by atoms with E-state index in [1.807, 2.05) is 67.6 Å². The molecule has 0 aliphatic rings. The van der Waals surface area contributed by atoms with Crippen LogP contribution in [0.15, 0.2) is 78.9 Å². The van der Waals surface area contributed by atoms with Gasteiger partial charge in [0.05, 0.1) is 6.61 Å². The van der Waals surface area contributed by atoms with Gasteiger partial charge in [0.2, 0.25) is 0 Å². The maximum atomic E-state index is 12.5. The van der Waals surface area contributed by atoms with Crippen molar-refractivity contribution in [2.24, 2.45) is 0 Å². The van der Waals surface area contributed by atoms with Crippen molar-refractivity contribution in [1.82, 2.24) is 0 Å². The summed E-state index contributed by atoms with van der Waals surface area (Å²) in [5.74, 6) is 1.70. The molecule has 0 aliphatic carbocycles. The number of carbonyl (C=O) groups excluding carboxylic acids is 1. The van der Waals surface area contributed by atoms with Crippen molar-refractivity contribution >= 4 is 11.6 Å². The molecular weight excluding hydrogens is 354 g/mol. The molecule has 5 nitrogen and oxygen atoms in total. The first kappa shape index (κ1) is 19.3. The van der Waals surface area contributed by atoms with E-state index in [9.17, 15) is 4.79 Å². The molecule has 144 valence electrons. The summed E-state index contributed by atoms with van der Waals surface area (Å²) in [5, 5.41) is 2.86. The summed E-state index contributed by atoms with van der Waals surface area (Å²) in [6, 6.07) is 24.0. The molecule has 0 atom stereocenters. The Balaban J connectivity index is 1.61. The van der Waals surface area contributed by atoms with E-state index in [0.717, 1.165) is 11.4 Å². The van der Waals surface area contributed by atoms with E-state index in [1.54, 1.807) is 18.2 Å². The molecule has 0 unspecified atom stereocenters. The van der Waals surface area contributed by atoms with Gasteiger partial charge in [-0.1, -0.05) is 36.4 Å². The summed E-state index contributed by atoms with van der Waals surface area (Å²) < 4.78 is 17.1. The van der Waals surface area contributed by atoms with Crippen LogP contribution >= 0.6 is 0 Å². The van der Waals surface area contributed by atoms with Crippen LogP contribution in [0.3, 0.4) is 0 Å². The first-order valence-corrected chi connectivity index (χ1v) is 9.20.